The highest BCUT2D eigenvalue weighted by molar-refractivity contribution is 5.95. The number of likely N-dealkylation sites (tertiary alicyclic amines) is 1. The lowest BCUT2D eigenvalue weighted by Crippen LogP contribution is -2.38. The number of carbonyl (C=O) groups is 1. The van der Waals surface area contributed by atoms with Gasteiger partial charge in [0.25, 0.3) is 5.91 Å². The van der Waals surface area contributed by atoms with Crippen LogP contribution in [-0.4, -0.2) is 33.7 Å². The molecule has 0 radical (unpaired) electrons. The Morgan fingerprint density at radius 2 is 1.91 bits per heavy atom. The molecule has 3 rings (SSSR count). The standard InChI is InChI=1S/C18H23N3O/c1-3-17-16(18(22)20-11-9-14(2)10-12-20)13-19-21(17)15-7-5-4-6-8-15/h4-8,13-14H,3,9-12H2,1-2H3. The first-order chi connectivity index (χ1) is 10.7. The molecule has 22 heavy (non-hydrogen) atoms. The van der Waals surface area contributed by atoms with Crippen LogP contribution >= 0.6 is 0 Å². The van der Waals surface area contributed by atoms with E-state index >= 15 is 0 Å². The van der Waals surface area contributed by atoms with Gasteiger partial charge in [-0.1, -0.05) is 32.0 Å². The maximum absolute atomic E-state index is 12.8. The third-order valence-corrected chi connectivity index (χ3v) is 4.51. The van der Waals surface area contributed by atoms with Gasteiger partial charge in [0.05, 0.1) is 23.1 Å². The molecule has 1 aliphatic heterocycles. The van der Waals surface area contributed by atoms with Crippen molar-refractivity contribution in [2.75, 3.05) is 13.1 Å². The van der Waals surface area contributed by atoms with Crippen LogP contribution in [0.5, 0.6) is 0 Å². The fourth-order valence-electron chi connectivity index (χ4n) is 3.07. The average Bonchev–Trinajstić information content (AvgIpc) is 2.99. The summed E-state index contributed by atoms with van der Waals surface area (Å²) >= 11 is 0. The van der Waals surface area contributed by atoms with Crippen LogP contribution in [0.25, 0.3) is 5.69 Å². The van der Waals surface area contributed by atoms with Crippen molar-refractivity contribution in [3.63, 3.8) is 0 Å². The summed E-state index contributed by atoms with van der Waals surface area (Å²) < 4.78 is 1.89. The molecule has 1 saturated heterocycles. The predicted molar refractivity (Wildman–Crippen MR) is 87.2 cm³/mol. The van der Waals surface area contributed by atoms with E-state index in [-0.39, 0.29) is 5.91 Å². The van der Waals surface area contributed by atoms with Gasteiger partial charge in [-0.3, -0.25) is 4.79 Å². The van der Waals surface area contributed by atoms with Crippen LogP contribution < -0.4 is 0 Å². The number of amides is 1. The highest BCUT2D eigenvalue weighted by Gasteiger charge is 2.25. The molecule has 2 heterocycles. The van der Waals surface area contributed by atoms with Gasteiger partial charge in [0.15, 0.2) is 0 Å². The minimum Gasteiger partial charge on any atom is -0.339 e. The van der Waals surface area contributed by atoms with Gasteiger partial charge >= 0.3 is 0 Å². The van der Waals surface area contributed by atoms with Crippen LogP contribution in [0.2, 0.25) is 0 Å². The van der Waals surface area contributed by atoms with Gasteiger partial charge in [0.1, 0.15) is 0 Å². The third-order valence-electron chi connectivity index (χ3n) is 4.51. The maximum atomic E-state index is 12.8. The minimum absolute atomic E-state index is 0.130. The third kappa shape index (κ3) is 2.78. The Labute approximate surface area is 131 Å². The Morgan fingerprint density at radius 1 is 1.23 bits per heavy atom. The van der Waals surface area contributed by atoms with Crippen LogP contribution in [0.3, 0.4) is 0 Å². The molecule has 1 aromatic heterocycles. The fourth-order valence-corrected chi connectivity index (χ4v) is 3.07. The second kappa shape index (κ2) is 6.34. The highest BCUT2D eigenvalue weighted by Crippen LogP contribution is 2.21. The smallest absolute Gasteiger partial charge is 0.257 e. The van der Waals surface area contributed by atoms with Gasteiger partial charge in [0, 0.05) is 13.1 Å². The monoisotopic (exact) mass is 297 g/mol. The molecule has 0 spiro atoms. The summed E-state index contributed by atoms with van der Waals surface area (Å²) in [5.41, 5.74) is 2.75. The van der Waals surface area contributed by atoms with E-state index in [1.807, 2.05) is 39.9 Å². The first kappa shape index (κ1) is 14.8. The Hall–Kier alpha value is -2.10. The molecule has 0 atom stereocenters. The molecule has 0 unspecified atom stereocenters. The van der Waals surface area contributed by atoms with Crippen molar-refractivity contribution in [2.45, 2.75) is 33.1 Å². The van der Waals surface area contributed by atoms with Gasteiger partial charge in [-0.2, -0.15) is 5.10 Å². The number of nitrogens with zero attached hydrogens (tertiary/aromatic N) is 3. The van der Waals surface area contributed by atoms with Crippen molar-refractivity contribution >= 4 is 5.91 Å². The zero-order valence-corrected chi connectivity index (χ0v) is 13.3. The van der Waals surface area contributed by atoms with Gasteiger partial charge in [-0.05, 0) is 37.3 Å². The summed E-state index contributed by atoms with van der Waals surface area (Å²) in [5, 5.41) is 4.46. The molecule has 1 aromatic carbocycles. The topological polar surface area (TPSA) is 38.1 Å². The Bertz CT molecular complexity index is 640. The number of carbonyl (C=O) groups excluding carboxylic acids is 1. The lowest BCUT2D eigenvalue weighted by molar-refractivity contribution is 0.0696. The van der Waals surface area contributed by atoms with E-state index < -0.39 is 0 Å². The van der Waals surface area contributed by atoms with E-state index in [1.54, 1.807) is 6.20 Å². The second-order valence-corrected chi connectivity index (χ2v) is 6.08. The molecule has 0 aliphatic carbocycles. The zero-order chi connectivity index (χ0) is 15.5. The van der Waals surface area contributed by atoms with E-state index in [1.165, 1.54) is 0 Å². The largest absolute Gasteiger partial charge is 0.339 e. The SMILES string of the molecule is CCc1c(C(=O)N2CCC(C)CC2)cnn1-c1ccccc1. The zero-order valence-electron chi connectivity index (χ0n) is 13.3. The molecule has 1 aliphatic rings. The molecule has 4 nitrogen and oxygen atoms in total. The van der Waals surface area contributed by atoms with E-state index in [0.29, 0.717) is 0 Å². The number of hydrogen-bond acceptors (Lipinski definition) is 2. The van der Waals surface area contributed by atoms with Crippen LogP contribution in [0, 0.1) is 5.92 Å². The first-order valence-corrected chi connectivity index (χ1v) is 8.12. The van der Waals surface area contributed by atoms with Crippen LogP contribution in [0.15, 0.2) is 36.5 Å². The Morgan fingerprint density at radius 3 is 2.55 bits per heavy atom. The Kier molecular flexibility index (Phi) is 4.27. The summed E-state index contributed by atoms with van der Waals surface area (Å²) in [6.07, 6.45) is 4.71. The van der Waals surface area contributed by atoms with Crippen molar-refractivity contribution in [1.82, 2.24) is 14.7 Å². The van der Waals surface area contributed by atoms with Crippen LogP contribution in [-0.2, 0) is 6.42 Å². The van der Waals surface area contributed by atoms with Crippen LogP contribution in [0.4, 0.5) is 0 Å². The quantitative estimate of drug-likeness (QED) is 0.871. The summed E-state index contributed by atoms with van der Waals surface area (Å²) in [7, 11) is 0. The molecule has 116 valence electrons. The average molecular weight is 297 g/mol. The maximum Gasteiger partial charge on any atom is 0.257 e. The van der Waals surface area contributed by atoms with Crippen molar-refractivity contribution in [3.8, 4) is 5.69 Å². The number of piperidine rings is 1. The molecular weight excluding hydrogens is 274 g/mol. The van der Waals surface area contributed by atoms with Gasteiger partial charge < -0.3 is 4.90 Å². The number of aromatic nitrogens is 2. The number of benzene rings is 1. The van der Waals surface area contributed by atoms with Gasteiger partial charge in [-0.25, -0.2) is 4.68 Å². The Balaban J connectivity index is 1.88. The minimum atomic E-state index is 0.130. The molecule has 2 aromatic rings. The van der Waals surface area contributed by atoms with E-state index in [0.717, 1.165) is 55.2 Å². The van der Waals surface area contributed by atoms with E-state index in [2.05, 4.69) is 18.9 Å². The van der Waals surface area contributed by atoms with Crippen molar-refractivity contribution in [1.29, 1.82) is 0 Å². The predicted octanol–water partition coefficient (Wildman–Crippen LogP) is 3.31. The highest BCUT2D eigenvalue weighted by atomic mass is 16.2. The summed E-state index contributed by atoms with van der Waals surface area (Å²) in [4.78, 5) is 14.8. The van der Waals surface area contributed by atoms with Crippen molar-refractivity contribution in [2.24, 2.45) is 5.92 Å². The lowest BCUT2D eigenvalue weighted by atomic mass is 9.98. The van der Waals surface area contributed by atoms with Gasteiger partial charge in [0.2, 0.25) is 0 Å². The second-order valence-electron chi connectivity index (χ2n) is 6.08. The van der Waals surface area contributed by atoms with Crippen molar-refractivity contribution < 1.29 is 4.79 Å². The molecule has 1 amide bonds. The molecule has 0 bridgehead atoms. The number of hydrogen-bond donors (Lipinski definition) is 0. The van der Waals surface area contributed by atoms with E-state index in [9.17, 15) is 4.79 Å². The van der Waals surface area contributed by atoms with E-state index in [4.69, 9.17) is 0 Å². The normalized spacial score (nSPS) is 16.0. The first-order valence-electron chi connectivity index (χ1n) is 8.12. The molecule has 0 N–H and O–H groups in total. The molecular formula is C18H23N3O. The summed E-state index contributed by atoms with van der Waals surface area (Å²) in [6, 6.07) is 10.00. The van der Waals surface area contributed by atoms with Gasteiger partial charge in [-0.15, -0.1) is 0 Å². The number of para-hydroxylation sites is 1. The summed E-state index contributed by atoms with van der Waals surface area (Å²) in [6.45, 7) is 6.05. The molecule has 0 saturated carbocycles. The fraction of sp³-hybridized carbons (Fsp3) is 0.444. The number of rotatable bonds is 3. The molecule has 4 heteroatoms. The lowest BCUT2D eigenvalue weighted by Gasteiger charge is -2.30. The van der Waals surface area contributed by atoms with Crippen molar-refractivity contribution in [3.05, 3.63) is 47.8 Å². The summed E-state index contributed by atoms with van der Waals surface area (Å²) in [5.74, 6) is 0.854. The molecule has 1 fully saturated rings. The van der Waals surface area contributed by atoms with Crippen LogP contribution in [0.1, 0.15) is 42.7 Å².